The lowest BCUT2D eigenvalue weighted by molar-refractivity contribution is 0.0955. The van der Waals surface area contributed by atoms with Crippen molar-refractivity contribution in [3.63, 3.8) is 0 Å². The zero-order valence-corrected chi connectivity index (χ0v) is 13.5. The van der Waals surface area contributed by atoms with Crippen molar-refractivity contribution in [1.82, 2.24) is 5.43 Å². The molecule has 1 N–H and O–H groups in total. The number of benzene rings is 2. The Morgan fingerprint density at radius 3 is 2.71 bits per heavy atom. The van der Waals surface area contributed by atoms with Gasteiger partial charge in [-0.1, -0.05) is 25.5 Å². The Morgan fingerprint density at radius 2 is 2.00 bits per heavy atom. The molecule has 2 rings (SSSR count). The fourth-order valence-corrected chi connectivity index (χ4v) is 1.97. The molecule has 0 fully saturated rings. The topological polar surface area (TPSA) is 74.5 Å². The highest BCUT2D eigenvalue weighted by Crippen LogP contribution is 2.16. The van der Waals surface area contributed by atoms with Gasteiger partial charge < -0.3 is 4.74 Å². The fourth-order valence-electron chi connectivity index (χ4n) is 1.97. The molecule has 0 saturated carbocycles. The van der Waals surface area contributed by atoms with Crippen molar-refractivity contribution < 1.29 is 9.53 Å². The summed E-state index contributed by atoms with van der Waals surface area (Å²) < 4.78 is 5.71. The number of hydrogen-bond acceptors (Lipinski definition) is 4. The zero-order valence-electron chi connectivity index (χ0n) is 13.5. The first-order valence-electron chi connectivity index (χ1n) is 7.80. The van der Waals surface area contributed by atoms with Crippen molar-refractivity contribution in [3.05, 3.63) is 65.2 Å². The number of rotatable bonds is 7. The molecule has 0 unspecified atom stereocenters. The Balaban J connectivity index is 1.98. The fraction of sp³-hybridized carbons (Fsp3) is 0.211. The molecule has 0 saturated heterocycles. The number of para-hydroxylation sites is 1. The zero-order chi connectivity index (χ0) is 17.2. The predicted molar refractivity (Wildman–Crippen MR) is 93.1 cm³/mol. The molecule has 24 heavy (non-hydrogen) atoms. The maximum Gasteiger partial charge on any atom is 0.271 e. The third kappa shape index (κ3) is 4.96. The van der Waals surface area contributed by atoms with Crippen LogP contribution in [0.4, 0.5) is 0 Å². The number of nitrogens with zero attached hydrogens (tertiary/aromatic N) is 2. The smallest absolute Gasteiger partial charge is 0.271 e. The first-order chi connectivity index (χ1) is 11.7. The molecular formula is C19H19N3O2. The van der Waals surface area contributed by atoms with Gasteiger partial charge in [-0.15, -0.1) is 0 Å². The standard InChI is InChI=1S/C19H19N3O2/c1-2-3-12-24-18-7-5-4-6-17(18)14-21-22-19(23)16-10-8-15(13-20)9-11-16/h4-11,14H,2-3,12H2,1H3,(H,22,23)/b21-14-. The van der Waals surface area contributed by atoms with Gasteiger partial charge in [0.1, 0.15) is 5.75 Å². The van der Waals surface area contributed by atoms with Crippen LogP contribution in [0.5, 0.6) is 5.75 Å². The van der Waals surface area contributed by atoms with Crippen LogP contribution in [0, 0.1) is 11.3 Å². The van der Waals surface area contributed by atoms with Crippen LogP contribution in [0.15, 0.2) is 53.6 Å². The van der Waals surface area contributed by atoms with E-state index in [0.29, 0.717) is 17.7 Å². The van der Waals surface area contributed by atoms with Crippen LogP contribution in [-0.2, 0) is 0 Å². The molecule has 0 aliphatic rings. The number of hydrogen-bond donors (Lipinski definition) is 1. The molecule has 0 spiro atoms. The molecule has 0 aromatic heterocycles. The molecule has 1 amide bonds. The van der Waals surface area contributed by atoms with Gasteiger partial charge in [0.05, 0.1) is 24.5 Å². The molecule has 0 atom stereocenters. The highest BCUT2D eigenvalue weighted by molar-refractivity contribution is 5.95. The van der Waals surface area contributed by atoms with E-state index in [0.717, 1.165) is 24.2 Å². The van der Waals surface area contributed by atoms with Crippen molar-refractivity contribution in [2.75, 3.05) is 6.61 Å². The third-order valence-electron chi connectivity index (χ3n) is 3.32. The van der Waals surface area contributed by atoms with Gasteiger partial charge in [0.25, 0.3) is 5.91 Å². The Kier molecular flexibility index (Phi) is 6.54. The van der Waals surface area contributed by atoms with Crippen LogP contribution >= 0.6 is 0 Å². The maximum atomic E-state index is 12.0. The van der Waals surface area contributed by atoms with E-state index in [1.807, 2.05) is 30.3 Å². The van der Waals surface area contributed by atoms with Crippen LogP contribution in [0.25, 0.3) is 0 Å². The number of hydrazone groups is 1. The lowest BCUT2D eigenvalue weighted by Gasteiger charge is -2.08. The summed E-state index contributed by atoms with van der Waals surface area (Å²) in [5.41, 5.74) is 4.22. The maximum absolute atomic E-state index is 12.0. The summed E-state index contributed by atoms with van der Waals surface area (Å²) in [6.07, 6.45) is 3.61. The number of nitrogens with one attached hydrogen (secondary N) is 1. The molecule has 5 heteroatoms. The highest BCUT2D eigenvalue weighted by atomic mass is 16.5. The van der Waals surface area contributed by atoms with Crippen molar-refractivity contribution in [2.24, 2.45) is 5.10 Å². The Bertz CT molecular complexity index is 746. The van der Waals surface area contributed by atoms with E-state index in [4.69, 9.17) is 10.00 Å². The summed E-state index contributed by atoms with van der Waals surface area (Å²) in [7, 11) is 0. The molecule has 0 aliphatic heterocycles. The summed E-state index contributed by atoms with van der Waals surface area (Å²) in [5, 5.41) is 12.7. The van der Waals surface area contributed by atoms with Crippen LogP contribution in [-0.4, -0.2) is 18.7 Å². The van der Waals surface area contributed by atoms with Gasteiger partial charge in [-0.3, -0.25) is 4.79 Å². The first kappa shape index (κ1) is 17.2. The first-order valence-corrected chi connectivity index (χ1v) is 7.80. The van der Waals surface area contributed by atoms with Gasteiger partial charge in [0.15, 0.2) is 0 Å². The van der Waals surface area contributed by atoms with Gasteiger partial charge in [-0.25, -0.2) is 5.43 Å². The van der Waals surface area contributed by atoms with Crippen LogP contribution in [0.3, 0.4) is 0 Å². The number of ether oxygens (including phenoxy) is 1. The molecule has 0 aliphatic carbocycles. The summed E-state index contributed by atoms with van der Waals surface area (Å²) >= 11 is 0. The SMILES string of the molecule is CCCCOc1ccccc1/C=N\NC(=O)c1ccc(C#N)cc1. The van der Waals surface area contributed by atoms with Crippen molar-refractivity contribution in [3.8, 4) is 11.8 Å². The number of amides is 1. The van der Waals surface area contributed by atoms with Crippen LogP contribution in [0.1, 0.15) is 41.3 Å². The summed E-state index contributed by atoms with van der Waals surface area (Å²) in [5.74, 6) is 0.405. The number of carbonyl (C=O) groups is 1. The lowest BCUT2D eigenvalue weighted by atomic mass is 10.1. The second-order valence-corrected chi connectivity index (χ2v) is 5.13. The second kappa shape index (κ2) is 9.11. The lowest BCUT2D eigenvalue weighted by Crippen LogP contribution is -2.17. The van der Waals surface area contributed by atoms with E-state index in [1.165, 1.54) is 0 Å². The molecule has 5 nitrogen and oxygen atoms in total. The monoisotopic (exact) mass is 321 g/mol. The summed E-state index contributed by atoms with van der Waals surface area (Å²) in [6, 6.07) is 15.9. The van der Waals surface area contributed by atoms with E-state index in [2.05, 4.69) is 17.5 Å². The van der Waals surface area contributed by atoms with Gasteiger partial charge in [0.2, 0.25) is 0 Å². The predicted octanol–water partition coefficient (Wildman–Crippen LogP) is 3.50. The van der Waals surface area contributed by atoms with E-state index >= 15 is 0 Å². The van der Waals surface area contributed by atoms with E-state index in [9.17, 15) is 4.79 Å². The minimum absolute atomic E-state index is 0.333. The van der Waals surface area contributed by atoms with E-state index in [-0.39, 0.29) is 5.91 Å². The van der Waals surface area contributed by atoms with Gasteiger partial charge in [-0.05, 0) is 42.8 Å². The minimum atomic E-state index is -0.333. The minimum Gasteiger partial charge on any atom is -0.493 e. The van der Waals surface area contributed by atoms with Crippen molar-refractivity contribution in [2.45, 2.75) is 19.8 Å². The molecule has 0 heterocycles. The van der Waals surface area contributed by atoms with Gasteiger partial charge in [0, 0.05) is 11.1 Å². The molecule has 0 bridgehead atoms. The number of nitriles is 1. The third-order valence-corrected chi connectivity index (χ3v) is 3.32. The summed E-state index contributed by atoms with van der Waals surface area (Å²) in [4.78, 5) is 12.0. The summed E-state index contributed by atoms with van der Waals surface area (Å²) in [6.45, 7) is 2.76. The highest BCUT2D eigenvalue weighted by Gasteiger charge is 2.04. The largest absolute Gasteiger partial charge is 0.493 e. The van der Waals surface area contributed by atoms with E-state index < -0.39 is 0 Å². The number of carbonyl (C=O) groups excluding carboxylic acids is 1. The molecule has 2 aromatic carbocycles. The average Bonchev–Trinajstić information content (AvgIpc) is 2.63. The van der Waals surface area contributed by atoms with Gasteiger partial charge >= 0.3 is 0 Å². The Morgan fingerprint density at radius 1 is 1.25 bits per heavy atom. The molecular weight excluding hydrogens is 302 g/mol. The molecule has 0 radical (unpaired) electrons. The molecule has 122 valence electrons. The number of unbranched alkanes of at least 4 members (excludes halogenated alkanes) is 1. The van der Waals surface area contributed by atoms with E-state index in [1.54, 1.807) is 30.5 Å². The van der Waals surface area contributed by atoms with Crippen molar-refractivity contribution in [1.29, 1.82) is 5.26 Å². The quantitative estimate of drug-likeness (QED) is 0.482. The molecule has 2 aromatic rings. The van der Waals surface area contributed by atoms with Crippen molar-refractivity contribution >= 4 is 12.1 Å². The Labute approximate surface area is 141 Å². The normalized spacial score (nSPS) is 10.3. The van der Waals surface area contributed by atoms with Crippen LogP contribution in [0.2, 0.25) is 0 Å². The second-order valence-electron chi connectivity index (χ2n) is 5.13. The van der Waals surface area contributed by atoms with Gasteiger partial charge in [-0.2, -0.15) is 10.4 Å². The Hall–Kier alpha value is -3.13. The van der Waals surface area contributed by atoms with Crippen LogP contribution < -0.4 is 10.2 Å². The average molecular weight is 321 g/mol.